The summed E-state index contributed by atoms with van der Waals surface area (Å²) in [5.41, 5.74) is 1.28. The lowest BCUT2D eigenvalue weighted by molar-refractivity contribution is 0.0623. The molecule has 2 aromatic rings. The molecule has 1 heterocycles. The lowest BCUT2D eigenvalue weighted by Gasteiger charge is -2.29. The quantitative estimate of drug-likeness (QED) is 0.881. The van der Waals surface area contributed by atoms with Crippen LogP contribution in [-0.2, 0) is 0 Å². The molecule has 0 unspecified atom stereocenters. The van der Waals surface area contributed by atoms with Crippen molar-refractivity contribution in [3.05, 3.63) is 36.1 Å². The highest BCUT2D eigenvalue weighted by Crippen LogP contribution is 2.23. The van der Waals surface area contributed by atoms with Crippen LogP contribution in [0.4, 0.5) is 0 Å². The molecule has 0 spiro atoms. The van der Waals surface area contributed by atoms with E-state index in [2.05, 4.69) is 13.8 Å². The van der Waals surface area contributed by atoms with Gasteiger partial charge >= 0.3 is 0 Å². The van der Waals surface area contributed by atoms with E-state index in [4.69, 9.17) is 4.42 Å². The largest absolute Gasteiger partial charge is 0.463 e. The summed E-state index contributed by atoms with van der Waals surface area (Å²) in [5.74, 6) is -0.0716. The first-order valence-electron chi connectivity index (χ1n) is 7.10. The van der Waals surface area contributed by atoms with Crippen molar-refractivity contribution in [2.45, 2.75) is 32.7 Å². The predicted molar refractivity (Wildman–Crippen MR) is 78.7 cm³/mol. The van der Waals surface area contributed by atoms with E-state index in [1.54, 1.807) is 4.90 Å². The summed E-state index contributed by atoms with van der Waals surface area (Å²) in [5, 5.41) is 10.0. The molecule has 0 saturated carbocycles. The summed E-state index contributed by atoms with van der Waals surface area (Å²) < 4.78 is 5.44. The lowest BCUT2D eigenvalue weighted by atomic mass is 10.1. The molecule has 0 bridgehead atoms. The molecule has 108 valence electrons. The third kappa shape index (κ3) is 2.70. The van der Waals surface area contributed by atoms with Crippen molar-refractivity contribution < 1.29 is 14.3 Å². The number of fused-ring (bicyclic) bond motifs is 1. The normalized spacial score (nSPS) is 11.2. The average Bonchev–Trinajstić information content (AvgIpc) is 2.91. The topological polar surface area (TPSA) is 53.7 Å². The monoisotopic (exact) mass is 275 g/mol. The number of benzene rings is 1. The second-order valence-corrected chi connectivity index (χ2v) is 4.84. The van der Waals surface area contributed by atoms with Crippen LogP contribution < -0.4 is 0 Å². The van der Waals surface area contributed by atoms with Gasteiger partial charge in [-0.25, -0.2) is 0 Å². The van der Waals surface area contributed by atoms with E-state index in [1.165, 1.54) is 6.26 Å². The number of carbonyl (C=O) groups is 1. The number of hydrogen-bond donors (Lipinski definition) is 1. The van der Waals surface area contributed by atoms with Gasteiger partial charge in [0, 0.05) is 18.0 Å². The molecule has 0 atom stereocenters. The van der Waals surface area contributed by atoms with Crippen molar-refractivity contribution >= 4 is 16.9 Å². The van der Waals surface area contributed by atoms with Crippen LogP contribution in [0.15, 0.2) is 34.9 Å². The summed E-state index contributed by atoms with van der Waals surface area (Å²) in [6, 6.07) is 7.65. The minimum atomic E-state index is -0.0716. The Hall–Kier alpha value is -1.81. The van der Waals surface area contributed by atoms with Gasteiger partial charge < -0.3 is 14.4 Å². The van der Waals surface area contributed by atoms with Gasteiger partial charge in [-0.05, 0) is 18.9 Å². The Morgan fingerprint density at radius 2 is 2.00 bits per heavy atom. The molecule has 0 aliphatic carbocycles. The Kier molecular flexibility index (Phi) is 4.79. The van der Waals surface area contributed by atoms with Crippen molar-refractivity contribution in [2.24, 2.45) is 0 Å². The summed E-state index contributed by atoms with van der Waals surface area (Å²) in [6.45, 7) is 4.43. The number of nitrogens with zero attached hydrogens (tertiary/aromatic N) is 1. The van der Waals surface area contributed by atoms with Crippen LogP contribution in [0.3, 0.4) is 0 Å². The molecule has 0 fully saturated rings. The van der Waals surface area contributed by atoms with Crippen LogP contribution in [0.25, 0.3) is 11.0 Å². The fraction of sp³-hybridized carbons (Fsp3) is 0.438. The molecule has 20 heavy (non-hydrogen) atoms. The van der Waals surface area contributed by atoms with Gasteiger partial charge in [-0.3, -0.25) is 4.79 Å². The van der Waals surface area contributed by atoms with Crippen molar-refractivity contribution in [1.82, 2.24) is 4.90 Å². The summed E-state index contributed by atoms with van der Waals surface area (Å²) in [6.07, 6.45) is 3.26. The predicted octanol–water partition coefficient (Wildman–Crippen LogP) is 3.06. The number of hydrogen-bond acceptors (Lipinski definition) is 3. The van der Waals surface area contributed by atoms with Crippen molar-refractivity contribution in [3.8, 4) is 0 Å². The molecular formula is C16H21NO3. The van der Waals surface area contributed by atoms with Gasteiger partial charge in [0.25, 0.3) is 5.91 Å². The minimum absolute atomic E-state index is 0.0297. The van der Waals surface area contributed by atoms with Crippen molar-refractivity contribution in [2.75, 3.05) is 13.2 Å². The van der Waals surface area contributed by atoms with Crippen LogP contribution in [0.5, 0.6) is 0 Å². The van der Waals surface area contributed by atoms with Crippen LogP contribution in [0, 0.1) is 0 Å². The van der Waals surface area contributed by atoms with Crippen LogP contribution in [-0.4, -0.2) is 35.1 Å². The second-order valence-electron chi connectivity index (χ2n) is 4.84. The molecule has 4 nitrogen and oxygen atoms in total. The Labute approximate surface area is 119 Å². The zero-order chi connectivity index (χ0) is 14.5. The maximum absolute atomic E-state index is 12.7. The number of carbonyl (C=O) groups excluding carboxylic acids is 1. The number of aliphatic hydroxyl groups is 1. The maximum Gasteiger partial charge on any atom is 0.258 e. The fourth-order valence-corrected chi connectivity index (χ4v) is 2.59. The Morgan fingerprint density at radius 3 is 2.65 bits per heavy atom. The first-order chi connectivity index (χ1) is 9.72. The maximum atomic E-state index is 12.7. The molecule has 0 aliphatic heterocycles. The summed E-state index contributed by atoms with van der Waals surface area (Å²) >= 11 is 0. The Morgan fingerprint density at radius 1 is 1.30 bits per heavy atom. The zero-order valence-corrected chi connectivity index (χ0v) is 12.0. The molecule has 0 saturated heterocycles. The van der Waals surface area contributed by atoms with Gasteiger partial charge in [0.05, 0.1) is 12.2 Å². The van der Waals surface area contributed by atoms with Crippen LogP contribution in [0.2, 0.25) is 0 Å². The highest BCUT2D eigenvalue weighted by atomic mass is 16.3. The van der Waals surface area contributed by atoms with E-state index < -0.39 is 0 Å². The molecule has 1 aromatic carbocycles. The molecule has 1 N–H and O–H groups in total. The van der Waals surface area contributed by atoms with Crippen molar-refractivity contribution in [1.29, 1.82) is 0 Å². The van der Waals surface area contributed by atoms with Gasteiger partial charge in [0.2, 0.25) is 0 Å². The van der Waals surface area contributed by atoms with Crippen LogP contribution >= 0.6 is 0 Å². The van der Waals surface area contributed by atoms with E-state index in [0.29, 0.717) is 17.7 Å². The Balaban J connectivity index is 2.36. The average molecular weight is 275 g/mol. The Bertz CT molecular complexity index is 572. The van der Waals surface area contributed by atoms with Gasteiger partial charge in [0.1, 0.15) is 11.8 Å². The molecule has 1 amide bonds. The number of amides is 1. The van der Waals surface area contributed by atoms with Gasteiger partial charge in [-0.2, -0.15) is 0 Å². The van der Waals surface area contributed by atoms with E-state index >= 15 is 0 Å². The zero-order valence-electron chi connectivity index (χ0n) is 12.0. The number of aliphatic hydroxyl groups excluding tert-OH is 1. The number of rotatable bonds is 6. The van der Waals surface area contributed by atoms with E-state index in [9.17, 15) is 9.90 Å². The molecular weight excluding hydrogens is 254 g/mol. The minimum Gasteiger partial charge on any atom is -0.463 e. The van der Waals surface area contributed by atoms with E-state index in [1.807, 2.05) is 24.3 Å². The highest BCUT2D eigenvalue weighted by molar-refractivity contribution is 6.06. The van der Waals surface area contributed by atoms with E-state index in [-0.39, 0.29) is 18.6 Å². The summed E-state index contributed by atoms with van der Waals surface area (Å²) in [4.78, 5) is 14.5. The summed E-state index contributed by atoms with van der Waals surface area (Å²) in [7, 11) is 0. The molecule has 0 aliphatic rings. The smallest absolute Gasteiger partial charge is 0.258 e. The van der Waals surface area contributed by atoms with Gasteiger partial charge in [-0.15, -0.1) is 0 Å². The highest BCUT2D eigenvalue weighted by Gasteiger charge is 2.24. The van der Waals surface area contributed by atoms with Crippen molar-refractivity contribution in [3.63, 3.8) is 0 Å². The van der Waals surface area contributed by atoms with Gasteiger partial charge in [-0.1, -0.05) is 32.0 Å². The number of para-hydroxylation sites is 1. The third-order valence-corrected chi connectivity index (χ3v) is 3.70. The van der Waals surface area contributed by atoms with Crippen LogP contribution in [0.1, 0.15) is 37.0 Å². The third-order valence-electron chi connectivity index (χ3n) is 3.70. The van der Waals surface area contributed by atoms with Gasteiger partial charge in [0.15, 0.2) is 0 Å². The molecule has 1 aromatic heterocycles. The lowest BCUT2D eigenvalue weighted by Crippen LogP contribution is -2.41. The second kappa shape index (κ2) is 6.57. The number of furan rings is 1. The SMILES string of the molecule is CCC(CC)N(CCO)C(=O)c1coc2ccccc12. The van der Waals surface area contributed by atoms with E-state index in [0.717, 1.165) is 18.2 Å². The molecule has 4 heteroatoms. The fourth-order valence-electron chi connectivity index (χ4n) is 2.59. The first kappa shape index (κ1) is 14.6. The molecule has 0 radical (unpaired) electrons. The standard InChI is InChI=1S/C16H21NO3/c1-3-12(4-2)17(9-10-18)16(19)14-11-20-15-8-6-5-7-13(14)15/h5-8,11-12,18H,3-4,9-10H2,1-2H3. The first-order valence-corrected chi connectivity index (χ1v) is 7.10. The molecule has 2 rings (SSSR count).